The zero-order valence-electron chi connectivity index (χ0n) is 13.6. The second kappa shape index (κ2) is 9.17. The lowest BCUT2D eigenvalue weighted by Gasteiger charge is -2.21. The van der Waals surface area contributed by atoms with Crippen molar-refractivity contribution in [3.05, 3.63) is 29.3 Å². The molecular formula is C16H24N2O4. The van der Waals surface area contributed by atoms with Gasteiger partial charge in [-0.05, 0) is 25.5 Å². The van der Waals surface area contributed by atoms with Gasteiger partial charge in [0.2, 0.25) is 0 Å². The standard InChI is InChI=1S/C16H24N2O4/c1-12-5-6-14(13(2)11-12)17-15(19)16(20)18(7-9-21-3)8-10-22-4/h5-6,11H,7-10H2,1-4H3,(H,17,19). The summed E-state index contributed by atoms with van der Waals surface area (Å²) in [6.07, 6.45) is 0. The minimum Gasteiger partial charge on any atom is -0.383 e. The van der Waals surface area contributed by atoms with E-state index in [0.717, 1.165) is 11.1 Å². The van der Waals surface area contributed by atoms with Crippen LogP contribution in [0.1, 0.15) is 11.1 Å². The predicted octanol–water partition coefficient (Wildman–Crippen LogP) is 1.36. The van der Waals surface area contributed by atoms with Gasteiger partial charge in [0.25, 0.3) is 0 Å². The Balaban J connectivity index is 2.73. The fourth-order valence-electron chi connectivity index (χ4n) is 1.99. The van der Waals surface area contributed by atoms with Gasteiger partial charge in [-0.2, -0.15) is 0 Å². The first kappa shape index (κ1) is 18.1. The number of benzene rings is 1. The van der Waals surface area contributed by atoms with E-state index >= 15 is 0 Å². The SMILES string of the molecule is COCCN(CCOC)C(=O)C(=O)Nc1ccc(C)cc1C. The number of carbonyl (C=O) groups is 2. The molecule has 0 saturated heterocycles. The van der Waals surface area contributed by atoms with Crippen molar-refractivity contribution in [1.29, 1.82) is 0 Å². The van der Waals surface area contributed by atoms with Gasteiger partial charge in [0.1, 0.15) is 0 Å². The fourth-order valence-corrected chi connectivity index (χ4v) is 1.99. The Morgan fingerprint density at radius 1 is 1.09 bits per heavy atom. The van der Waals surface area contributed by atoms with E-state index in [-0.39, 0.29) is 0 Å². The van der Waals surface area contributed by atoms with E-state index in [1.807, 2.05) is 26.0 Å². The van der Waals surface area contributed by atoms with Crippen molar-refractivity contribution < 1.29 is 19.1 Å². The lowest BCUT2D eigenvalue weighted by molar-refractivity contribution is -0.144. The van der Waals surface area contributed by atoms with Gasteiger partial charge in [0, 0.05) is 33.0 Å². The summed E-state index contributed by atoms with van der Waals surface area (Å²) in [5.74, 6) is -1.24. The quantitative estimate of drug-likeness (QED) is 0.772. The lowest BCUT2D eigenvalue weighted by atomic mass is 10.1. The molecule has 0 fully saturated rings. The van der Waals surface area contributed by atoms with Crippen LogP contribution in [0.2, 0.25) is 0 Å². The van der Waals surface area contributed by atoms with Crippen molar-refractivity contribution in [3.8, 4) is 0 Å². The van der Waals surface area contributed by atoms with Crippen LogP contribution in [-0.2, 0) is 19.1 Å². The maximum Gasteiger partial charge on any atom is 0.313 e. The van der Waals surface area contributed by atoms with Crippen LogP contribution in [0.25, 0.3) is 0 Å². The molecule has 0 aliphatic rings. The van der Waals surface area contributed by atoms with E-state index in [9.17, 15) is 9.59 Å². The van der Waals surface area contributed by atoms with Gasteiger partial charge >= 0.3 is 11.8 Å². The molecular weight excluding hydrogens is 284 g/mol. The maximum absolute atomic E-state index is 12.2. The molecule has 2 amide bonds. The minimum absolute atomic E-state index is 0.346. The molecule has 0 aliphatic carbocycles. The molecule has 0 heterocycles. The van der Waals surface area contributed by atoms with Crippen LogP contribution in [0.15, 0.2) is 18.2 Å². The second-order valence-corrected chi connectivity index (χ2v) is 5.05. The van der Waals surface area contributed by atoms with E-state index in [1.54, 1.807) is 20.3 Å². The number of nitrogens with zero attached hydrogens (tertiary/aromatic N) is 1. The summed E-state index contributed by atoms with van der Waals surface area (Å²) < 4.78 is 9.93. The Morgan fingerprint density at radius 3 is 2.18 bits per heavy atom. The lowest BCUT2D eigenvalue weighted by Crippen LogP contribution is -2.43. The molecule has 1 aromatic rings. The summed E-state index contributed by atoms with van der Waals surface area (Å²) in [6.45, 7) is 5.29. The average molecular weight is 308 g/mol. The second-order valence-electron chi connectivity index (χ2n) is 5.05. The monoisotopic (exact) mass is 308 g/mol. The van der Waals surface area contributed by atoms with Crippen LogP contribution >= 0.6 is 0 Å². The zero-order valence-corrected chi connectivity index (χ0v) is 13.6. The number of nitrogens with one attached hydrogen (secondary N) is 1. The van der Waals surface area contributed by atoms with E-state index in [1.165, 1.54) is 4.90 Å². The molecule has 1 N–H and O–H groups in total. The van der Waals surface area contributed by atoms with E-state index in [2.05, 4.69) is 5.32 Å². The summed E-state index contributed by atoms with van der Waals surface area (Å²) in [5, 5.41) is 2.66. The Morgan fingerprint density at radius 2 is 1.68 bits per heavy atom. The van der Waals surface area contributed by atoms with Crippen molar-refractivity contribution in [2.75, 3.05) is 45.8 Å². The number of aryl methyl sites for hydroxylation is 2. The highest BCUT2D eigenvalue weighted by molar-refractivity contribution is 6.39. The van der Waals surface area contributed by atoms with Gasteiger partial charge in [-0.15, -0.1) is 0 Å². The molecule has 1 aromatic carbocycles. The number of amides is 2. The van der Waals surface area contributed by atoms with Gasteiger partial charge < -0.3 is 19.7 Å². The number of anilines is 1. The van der Waals surface area contributed by atoms with Crippen LogP contribution in [0.4, 0.5) is 5.69 Å². The van der Waals surface area contributed by atoms with Crippen LogP contribution in [0.5, 0.6) is 0 Å². The summed E-state index contributed by atoms with van der Waals surface area (Å²) in [6, 6.07) is 5.64. The van der Waals surface area contributed by atoms with Crippen molar-refractivity contribution in [2.24, 2.45) is 0 Å². The van der Waals surface area contributed by atoms with Gasteiger partial charge in [0.05, 0.1) is 13.2 Å². The summed E-state index contributed by atoms with van der Waals surface area (Å²) in [5.41, 5.74) is 2.66. The first-order valence-corrected chi connectivity index (χ1v) is 7.15. The molecule has 0 spiro atoms. The largest absolute Gasteiger partial charge is 0.383 e. The maximum atomic E-state index is 12.2. The van der Waals surface area contributed by atoms with Crippen LogP contribution in [0, 0.1) is 13.8 Å². The van der Waals surface area contributed by atoms with Gasteiger partial charge in [-0.3, -0.25) is 9.59 Å². The topological polar surface area (TPSA) is 67.9 Å². The predicted molar refractivity (Wildman–Crippen MR) is 84.9 cm³/mol. The molecule has 0 unspecified atom stereocenters. The molecule has 0 radical (unpaired) electrons. The molecule has 22 heavy (non-hydrogen) atoms. The Kier molecular flexibility index (Phi) is 7.56. The number of hydrogen-bond acceptors (Lipinski definition) is 4. The Bertz CT molecular complexity index is 509. The van der Waals surface area contributed by atoms with E-state index in [0.29, 0.717) is 32.0 Å². The highest BCUT2D eigenvalue weighted by Gasteiger charge is 2.22. The molecule has 6 heteroatoms. The highest BCUT2D eigenvalue weighted by atomic mass is 16.5. The zero-order chi connectivity index (χ0) is 16.5. The van der Waals surface area contributed by atoms with E-state index < -0.39 is 11.8 Å². The normalized spacial score (nSPS) is 10.4. The molecule has 0 aliphatic heterocycles. The van der Waals surface area contributed by atoms with Gasteiger partial charge in [0.15, 0.2) is 0 Å². The number of ether oxygens (including phenoxy) is 2. The Hall–Kier alpha value is -1.92. The van der Waals surface area contributed by atoms with E-state index in [4.69, 9.17) is 9.47 Å². The fraction of sp³-hybridized carbons (Fsp3) is 0.500. The van der Waals surface area contributed by atoms with Crippen LogP contribution in [-0.4, -0.2) is 57.2 Å². The minimum atomic E-state index is -0.654. The smallest absolute Gasteiger partial charge is 0.313 e. The van der Waals surface area contributed by atoms with Gasteiger partial charge in [-0.25, -0.2) is 0 Å². The molecule has 6 nitrogen and oxygen atoms in total. The highest BCUT2D eigenvalue weighted by Crippen LogP contribution is 2.16. The number of methoxy groups -OCH3 is 2. The molecule has 0 aromatic heterocycles. The third-order valence-corrected chi connectivity index (χ3v) is 3.24. The number of hydrogen-bond donors (Lipinski definition) is 1. The Labute approximate surface area is 131 Å². The van der Waals surface area contributed by atoms with Crippen LogP contribution in [0.3, 0.4) is 0 Å². The average Bonchev–Trinajstić information content (AvgIpc) is 2.49. The van der Waals surface area contributed by atoms with Crippen molar-refractivity contribution in [3.63, 3.8) is 0 Å². The molecule has 1 rings (SSSR count). The van der Waals surface area contributed by atoms with Crippen molar-refractivity contribution in [2.45, 2.75) is 13.8 Å². The molecule has 0 saturated carbocycles. The molecule has 122 valence electrons. The summed E-state index contributed by atoms with van der Waals surface area (Å²) in [7, 11) is 3.10. The van der Waals surface area contributed by atoms with Crippen molar-refractivity contribution >= 4 is 17.5 Å². The van der Waals surface area contributed by atoms with Crippen LogP contribution < -0.4 is 5.32 Å². The van der Waals surface area contributed by atoms with Gasteiger partial charge in [-0.1, -0.05) is 17.7 Å². The first-order chi connectivity index (χ1) is 10.5. The third-order valence-electron chi connectivity index (χ3n) is 3.24. The number of carbonyl (C=O) groups excluding carboxylic acids is 2. The summed E-state index contributed by atoms with van der Waals surface area (Å²) in [4.78, 5) is 25.8. The number of rotatable bonds is 7. The third kappa shape index (κ3) is 5.46. The summed E-state index contributed by atoms with van der Waals surface area (Å²) >= 11 is 0. The first-order valence-electron chi connectivity index (χ1n) is 7.15. The molecule has 0 atom stereocenters. The van der Waals surface area contributed by atoms with Crippen molar-refractivity contribution in [1.82, 2.24) is 4.90 Å². The molecule has 0 bridgehead atoms.